The van der Waals surface area contributed by atoms with Gasteiger partial charge in [0.25, 0.3) is 0 Å². The number of halogens is 1. The number of piperidine rings is 1. The Morgan fingerprint density at radius 2 is 1.97 bits per heavy atom. The topological polar surface area (TPSA) is 57.5 Å². The van der Waals surface area contributed by atoms with Crippen molar-refractivity contribution in [3.8, 4) is 5.69 Å². The second-order valence-electron chi connectivity index (χ2n) is 7.40. The van der Waals surface area contributed by atoms with Gasteiger partial charge in [-0.25, -0.2) is 4.68 Å². The predicted molar refractivity (Wildman–Crippen MR) is 132 cm³/mol. The van der Waals surface area contributed by atoms with Crippen molar-refractivity contribution in [3.63, 3.8) is 0 Å². The summed E-state index contributed by atoms with van der Waals surface area (Å²) >= 11 is 0. The van der Waals surface area contributed by atoms with Gasteiger partial charge in [0.2, 0.25) is 0 Å². The van der Waals surface area contributed by atoms with Crippen LogP contribution in [0.3, 0.4) is 0 Å². The van der Waals surface area contributed by atoms with E-state index < -0.39 is 0 Å². The van der Waals surface area contributed by atoms with Crippen LogP contribution < -0.4 is 10.6 Å². The van der Waals surface area contributed by atoms with Crippen molar-refractivity contribution in [1.29, 1.82) is 0 Å². The smallest absolute Gasteiger partial charge is 0.191 e. The van der Waals surface area contributed by atoms with E-state index in [1.807, 2.05) is 36.1 Å². The summed E-state index contributed by atoms with van der Waals surface area (Å²) in [5.74, 6) is 0.875. The molecule has 1 aromatic carbocycles. The summed E-state index contributed by atoms with van der Waals surface area (Å²) in [7, 11) is 1.83. The third-order valence-corrected chi connectivity index (χ3v) is 5.50. The van der Waals surface area contributed by atoms with E-state index in [0.717, 1.165) is 43.7 Å². The third kappa shape index (κ3) is 7.29. The normalized spacial score (nSPS) is 17.6. The van der Waals surface area contributed by atoms with Crippen LogP contribution in [0.1, 0.15) is 38.2 Å². The highest BCUT2D eigenvalue weighted by molar-refractivity contribution is 14.0. The summed E-state index contributed by atoms with van der Waals surface area (Å²) in [5, 5.41) is 11.3. The van der Waals surface area contributed by atoms with Gasteiger partial charge in [-0.1, -0.05) is 31.5 Å². The van der Waals surface area contributed by atoms with Gasteiger partial charge in [-0.2, -0.15) is 5.10 Å². The van der Waals surface area contributed by atoms with E-state index in [9.17, 15) is 0 Å². The Morgan fingerprint density at radius 3 is 2.72 bits per heavy atom. The summed E-state index contributed by atoms with van der Waals surface area (Å²) in [5.41, 5.74) is 2.30. The van der Waals surface area contributed by atoms with Crippen LogP contribution in [0.15, 0.2) is 47.7 Å². The highest BCUT2D eigenvalue weighted by Gasteiger charge is 2.19. The number of aromatic nitrogens is 2. The molecule has 0 radical (unpaired) electrons. The Balaban J connectivity index is 0.00000300. The number of likely N-dealkylation sites (tertiary alicyclic amines) is 1. The largest absolute Gasteiger partial charge is 0.356 e. The van der Waals surface area contributed by atoms with E-state index >= 15 is 0 Å². The molecule has 1 aliphatic rings. The fourth-order valence-electron chi connectivity index (χ4n) is 3.89. The molecular formula is C22H35IN6. The molecule has 3 rings (SSSR count). The SMILES string of the molecule is CCC1CCCCN1CCNC(=NC)NCCc1cnn(-c2ccccc2)c1.I. The van der Waals surface area contributed by atoms with E-state index in [0.29, 0.717) is 0 Å². The first kappa shape index (κ1) is 23.7. The zero-order valence-electron chi connectivity index (χ0n) is 17.7. The highest BCUT2D eigenvalue weighted by atomic mass is 127. The van der Waals surface area contributed by atoms with Crippen molar-refractivity contribution in [2.24, 2.45) is 4.99 Å². The zero-order chi connectivity index (χ0) is 19.6. The first-order chi connectivity index (χ1) is 13.8. The maximum atomic E-state index is 4.46. The minimum atomic E-state index is 0. The fourth-order valence-corrected chi connectivity index (χ4v) is 3.89. The second-order valence-corrected chi connectivity index (χ2v) is 7.40. The van der Waals surface area contributed by atoms with E-state index in [-0.39, 0.29) is 24.0 Å². The van der Waals surface area contributed by atoms with Gasteiger partial charge in [-0.3, -0.25) is 9.89 Å². The average molecular weight is 510 g/mol. The molecule has 1 aromatic heterocycles. The van der Waals surface area contributed by atoms with Crippen LogP contribution in [0.4, 0.5) is 0 Å². The van der Waals surface area contributed by atoms with Crippen molar-refractivity contribution in [2.75, 3.05) is 33.2 Å². The van der Waals surface area contributed by atoms with E-state index in [2.05, 4.69) is 50.9 Å². The van der Waals surface area contributed by atoms with Crippen LogP contribution in [0, 0.1) is 0 Å². The standard InChI is InChI=1S/C22H34N6.HI/c1-3-20-9-7-8-15-27(20)16-14-25-22(23-2)24-13-12-19-17-26-28(18-19)21-10-5-4-6-11-21;/h4-6,10-11,17-18,20H,3,7-9,12-16H2,1-2H3,(H2,23,24,25);1H. The number of nitrogens with zero attached hydrogens (tertiary/aromatic N) is 4. The summed E-state index contributed by atoms with van der Waals surface area (Å²) in [6.45, 7) is 6.39. The fraction of sp³-hybridized carbons (Fsp3) is 0.545. The first-order valence-electron chi connectivity index (χ1n) is 10.6. The Labute approximate surface area is 192 Å². The summed E-state index contributed by atoms with van der Waals surface area (Å²) < 4.78 is 1.92. The Bertz CT molecular complexity index is 730. The van der Waals surface area contributed by atoms with Gasteiger partial charge in [0.1, 0.15) is 0 Å². The number of para-hydroxylation sites is 1. The molecule has 160 valence electrons. The summed E-state index contributed by atoms with van der Waals surface area (Å²) in [6.07, 6.45) is 10.3. The van der Waals surface area contributed by atoms with Gasteiger partial charge in [-0.05, 0) is 49.9 Å². The van der Waals surface area contributed by atoms with Crippen LogP contribution in [0.2, 0.25) is 0 Å². The lowest BCUT2D eigenvalue weighted by atomic mass is 10.0. The van der Waals surface area contributed by atoms with Gasteiger partial charge in [0.05, 0.1) is 11.9 Å². The van der Waals surface area contributed by atoms with Crippen LogP contribution in [-0.4, -0.2) is 59.9 Å². The maximum absolute atomic E-state index is 4.46. The molecule has 1 saturated heterocycles. The average Bonchev–Trinajstić information content (AvgIpc) is 3.22. The number of rotatable bonds is 8. The predicted octanol–water partition coefficient (Wildman–Crippen LogP) is 3.46. The van der Waals surface area contributed by atoms with Gasteiger partial charge in [-0.15, -0.1) is 24.0 Å². The second kappa shape index (κ2) is 12.8. The minimum absolute atomic E-state index is 0. The summed E-state index contributed by atoms with van der Waals surface area (Å²) in [4.78, 5) is 6.98. The molecule has 1 fully saturated rings. The molecule has 0 bridgehead atoms. The van der Waals surface area contributed by atoms with Crippen LogP contribution in [0.25, 0.3) is 5.69 Å². The van der Waals surface area contributed by atoms with Crippen LogP contribution in [0.5, 0.6) is 0 Å². The third-order valence-electron chi connectivity index (χ3n) is 5.50. The number of hydrogen-bond donors (Lipinski definition) is 2. The van der Waals surface area contributed by atoms with Gasteiger partial charge in [0, 0.05) is 38.9 Å². The Kier molecular flexibility index (Phi) is 10.5. The van der Waals surface area contributed by atoms with E-state index in [1.54, 1.807) is 0 Å². The number of nitrogens with one attached hydrogen (secondary N) is 2. The van der Waals surface area contributed by atoms with Crippen LogP contribution >= 0.6 is 24.0 Å². The monoisotopic (exact) mass is 510 g/mol. The highest BCUT2D eigenvalue weighted by Crippen LogP contribution is 2.18. The number of aliphatic imine (C=N–C) groups is 1. The zero-order valence-corrected chi connectivity index (χ0v) is 20.0. The molecule has 2 N–H and O–H groups in total. The molecule has 1 aliphatic heterocycles. The molecule has 1 unspecified atom stereocenters. The lowest BCUT2D eigenvalue weighted by Crippen LogP contribution is -2.46. The molecule has 0 aliphatic carbocycles. The Hall–Kier alpha value is -1.61. The number of hydrogen-bond acceptors (Lipinski definition) is 3. The molecular weight excluding hydrogens is 475 g/mol. The molecule has 0 amide bonds. The molecule has 1 atom stereocenters. The van der Waals surface area contributed by atoms with E-state index in [1.165, 1.54) is 37.8 Å². The molecule has 0 saturated carbocycles. The van der Waals surface area contributed by atoms with Crippen molar-refractivity contribution in [2.45, 2.75) is 45.1 Å². The first-order valence-corrected chi connectivity index (χ1v) is 10.6. The van der Waals surface area contributed by atoms with Gasteiger partial charge < -0.3 is 10.6 Å². The minimum Gasteiger partial charge on any atom is -0.356 e. The van der Waals surface area contributed by atoms with Crippen LogP contribution in [-0.2, 0) is 6.42 Å². The van der Waals surface area contributed by atoms with Crippen molar-refractivity contribution in [3.05, 3.63) is 48.3 Å². The quantitative estimate of drug-likeness (QED) is 0.325. The van der Waals surface area contributed by atoms with Crippen molar-refractivity contribution in [1.82, 2.24) is 25.3 Å². The maximum Gasteiger partial charge on any atom is 0.191 e. The Morgan fingerprint density at radius 1 is 1.17 bits per heavy atom. The van der Waals surface area contributed by atoms with Crippen molar-refractivity contribution < 1.29 is 0 Å². The summed E-state index contributed by atoms with van der Waals surface area (Å²) in [6, 6.07) is 11.0. The molecule has 2 aromatic rings. The van der Waals surface area contributed by atoms with Gasteiger partial charge >= 0.3 is 0 Å². The number of benzene rings is 1. The molecule has 0 spiro atoms. The molecule has 7 heteroatoms. The van der Waals surface area contributed by atoms with Crippen molar-refractivity contribution >= 4 is 29.9 Å². The molecule has 29 heavy (non-hydrogen) atoms. The van der Waals surface area contributed by atoms with Gasteiger partial charge in [0.15, 0.2) is 5.96 Å². The van der Waals surface area contributed by atoms with E-state index in [4.69, 9.17) is 0 Å². The number of guanidine groups is 1. The molecule has 2 heterocycles. The molecule has 6 nitrogen and oxygen atoms in total. The lowest BCUT2D eigenvalue weighted by Gasteiger charge is -2.35. The lowest BCUT2D eigenvalue weighted by molar-refractivity contribution is 0.147.